The van der Waals surface area contributed by atoms with Gasteiger partial charge >= 0.3 is 17.9 Å². The van der Waals surface area contributed by atoms with Gasteiger partial charge in [-0.1, -0.05) is 46.8 Å². The molecule has 242 valence electrons. The number of methoxy groups -OCH3 is 1. The summed E-state index contributed by atoms with van der Waals surface area (Å²) in [5.41, 5.74) is 1.91. The molecule has 0 spiro atoms. The molecule has 0 saturated heterocycles. The topological polar surface area (TPSA) is 78.9 Å². The van der Waals surface area contributed by atoms with Crippen molar-refractivity contribution in [2.24, 2.45) is 56.7 Å². The maximum atomic E-state index is 12.7. The largest absolute Gasteiger partial charge is 0.469 e. The fourth-order valence-corrected chi connectivity index (χ4v) is 12.5. The van der Waals surface area contributed by atoms with Gasteiger partial charge in [0.25, 0.3) is 0 Å². The Labute approximate surface area is 260 Å². The van der Waals surface area contributed by atoms with E-state index in [1.54, 1.807) is 6.92 Å². The average molecular weight is 599 g/mol. The molecular formula is C37H58O6. The van der Waals surface area contributed by atoms with E-state index in [2.05, 4.69) is 48.1 Å². The molecule has 5 saturated carbocycles. The number of carbonyl (C=O) groups is 3. The first kappa shape index (κ1) is 32.5. The van der Waals surface area contributed by atoms with Crippen LogP contribution in [0.15, 0.2) is 12.2 Å². The Morgan fingerprint density at radius 1 is 0.767 bits per heavy atom. The van der Waals surface area contributed by atoms with Gasteiger partial charge in [0, 0.05) is 17.8 Å². The smallest absolute Gasteiger partial charge is 0.306 e. The predicted octanol–water partition coefficient (Wildman–Crippen LogP) is 8.07. The summed E-state index contributed by atoms with van der Waals surface area (Å²) in [5, 5.41) is 0. The molecule has 0 amide bonds. The molecule has 0 aromatic rings. The van der Waals surface area contributed by atoms with Gasteiger partial charge < -0.3 is 14.2 Å². The van der Waals surface area contributed by atoms with E-state index in [9.17, 15) is 14.4 Å². The maximum absolute atomic E-state index is 12.7. The highest BCUT2D eigenvalue weighted by molar-refractivity contribution is 5.77. The van der Waals surface area contributed by atoms with Crippen molar-refractivity contribution >= 4 is 17.9 Å². The standard InChI is InChI=1S/C37H58O6/c1-23(2)25-14-19-37(22-42-31(40)13-12-30(39)41-9)21-20-35(7)26(32(25)37)10-11-28-34(6)17-16-29(43-24(3)38)33(4,5)27(34)15-18-36(28,35)8/h25-29,32H,1,10-22H2,2-9H3/t25-,26+,27-,28-,29-,32+,34-,35+,36+,37-/m0/s1. The minimum absolute atomic E-state index is 0.000188. The molecule has 0 heterocycles. The van der Waals surface area contributed by atoms with Crippen LogP contribution in [0.5, 0.6) is 0 Å². The number of esters is 3. The SMILES string of the molecule is C=C(C)[C@@H]1CC[C@@]2(COC(=O)CCC(=O)OC)CC[C@]3(C)[C@H](CC[C@H]4[C@@]5(C)CC[C@H](OC(C)=O)C(C)(C)[C@@H]5CC[C@]43C)[C@@H]12. The molecule has 0 unspecified atom stereocenters. The van der Waals surface area contributed by atoms with Crippen molar-refractivity contribution in [3.05, 3.63) is 12.2 Å². The zero-order valence-corrected chi connectivity index (χ0v) is 28.3. The highest BCUT2D eigenvalue weighted by Crippen LogP contribution is 2.77. The lowest BCUT2D eigenvalue weighted by molar-refractivity contribution is -0.252. The summed E-state index contributed by atoms with van der Waals surface area (Å²) in [6.45, 7) is 21.3. The van der Waals surface area contributed by atoms with Crippen LogP contribution < -0.4 is 0 Å². The van der Waals surface area contributed by atoms with Gasteiger partial charge in [-0.3, -0.25) is 14.4 Å². The van der Waals surface area contributed by atoms with Crippen molar-refractivity contribution in [3.8, 4) is 0 Å². The molecule has 5 aliphatic rings. The van der Waals surface area contributed by atoms with Gasteiger partial charge in [0.1, 0.15) is 6.10 Å². The van der Waals surface area contributed by atoms with Crippen LogP contribution in [-0.2, 0) is 28.6 Å². The van der Waals surface area contributed by atoms with Crippen molar-refractivity contribution in [1.29, 1.82) is 0 Å². The van der Waals surface area contributed by atoms with Gasteiger partial charge in [-0.05, 0) is 117 Å². The second-order valence-corrected chi connectivity index (χ2v) is 16.7. The molecule has 10 atom stereocenters. The van der Waals surface area contributed by atoms with Crippen LogP contribution in [0.1, 0.15) is 126 Å². The Morgan fingerprint density at radius 2 is 1.47 bits per heavy atom. The molecule has 5 fully saturated rings. The molecule has 0 aromatic carbocycles. The number of hydrogen-bond acceptors (Lipinski definition) is 6. The van der Waals surface area contributed by atoms with Crippen LogP contribution in [-0.4, -0.2) is 37.7 Å². The van der Waals surface area contributed by atoms with Crippen molar-refractivity contribution in [2.75, 3.05) is 13.7 Å². The van der Waals surface area contributed by atoms with Crippen molar-refractivity contribution in [1.82, 2.24) is 0 Å². The first-order valence-electron chi connectivity index (χ1n) is 17.1. The first-order valence-corrected chi connectivity index (χ1v) is 17.1. The summed E-state index contributed by atoms with van der Waals surface area (Å²) in [4.78, 5) is 36.3. The molecule has 5 rings (SSSR count). The third-order valence-electron chi connectivity index (χ3n) is 14.8. The van der Waals surface area contributed by atoms with Crippen molar-refractivity contribution in [3.63, 3.8) is 0 Å². The van der Waals surface area contributed by atoms with E-state index < -0.39 is 0 Å². The lowest BCUT2D eigenvalue weighted by atomic mass is 9.32. The van der Waals surface area contributed by atoms with Crippen LogP contribution in [0.4, 0.5) is 0 Å². The Kier molecular flexibility index (Phi) is 8.47. The van der Waals surface area contributed by atoms with E-state index in [-0.39, 0.29) is 63.9 Å². The number of rotatable bonds is 7. The Hall–Kier alpha value is -1.85. The van der Waals surface area contributed by atoms with Gasteiger partial charge in [-0.2, -0.15) is 0 Å². The van der Waals surface area contributed by atoms with Gasteiger partial charge in [-0.25, -0.2) is 0 Å². The quantitative estimate of drug-likeness (QED) is 0.168. The highest BCUT2D eigenvalue weighted by atomic mass is 16.5. The van der Waals surface area contributed by atoms with Crippen LogP contribution in [0.3, 0.4) is 0 Å². The van der Waals surface area contributed by atoms with E-state index in [0.717, 1.165) is 32.1 Å². The fourth-order valence-electron chi connectivity index (χ4n) is 12.5. The minimum Gasteiger partial charge on any atom is -0.469 e. The number of allylic oxidation sites excluding steroid dienone is 1. The predicted molar refractivity (Wildman–Crippen MR) is 167 cm³/mol. The van der Waals surface area contributed by atoms with Crippen molar-refractivity contribution in [2.45, 2.75) is 132 Å². The number of fused-ring (bicyclic) bond motifs is 7. The van der Waals surface area contributed by atoms with Gasteiger partial charge in [0.2, 0.25) is 0 Å². The summed E-state index contributed by atoms with van der Waals surface area (Å²) in [6.07, 6.45) is 11.6. The maximum Gasteiger partial charge on any atom is 0.306 e. The summed E-state index contributed by atoms with van der Waals surface area (Å²) in [6, 6.07) is 0. The van der Waals surface area contributed by atoms with Crippen LogP contribution in [0.2, 0.25) is 0 Å². The lowest BCUT2D eigenvalue weighted by Crippen LogP contribution is -2.67. The summed E-state index contributed by atoms with van der Waals surface area (Å²) >= 11 is 0. The summed E-state index contributed by atoms with van der Waals surface area (Å²) in [5.74, 6) is 1.87. The second-order valence-electron chi connectivity index (χ2n) is 16.7. The molecule has 0 aromatic heterocycles. The van der Waals surface area contributed by atoms with Gasteiger partial charge in [0.05, 0.1) is 26.6 Å². The second kappa shape index (κ2) is 11.2. The Morgan fingerprint density at radius 3 is 2.12 bits per heavy atom. The van der Waals surface area contributed by atoms with Crippen molar-refractivity contribution < 1.29 is 28.6 Å². The Bertz CT molecular complexity index is 1140. The van der Waals surface area contributed by atoms with Crippen LogP contribution in [0, 0.1) is 56.7 Å². The highest BCUT2D eigenvalue weighted by Gasteiger charge is 2.71. The molecule has 6 heteroatoms. The van der Waals surface area contributed by atoms with E-state index in [4.69, 9.17) is 14.2 Å². The number of ether oxygens (including phenoxy) is 3. The molecule has 0 radical (unpaired) electrons. The fraction of sp³-hybridized carbons (Fsp3) is 0.865. The Balaban J connectivity index is 1.42. The molecule has 6 nitrogen and oxygen atoms in total. The van der Waals surface area contributed by atoms with E-state index in [1.807, 2.05) is 0 Å². The first-order chi connectivity index (χ1) is 20.1. The zero-order valence-electron chi connectivity index (χ0n) is 28.3. The molecule has 0 bridgehead atoms. The molecular weight excluding hydrogens is 540 g/mol. The van der Waals surface area contributed by atoms with E-state index >= 15 is 0 Å². The van der Waals surface area contributed by atoms with Crippen LogP contribution in [0.25, 0.3) is 0 Å². The van der Waals surface area contributed by atoms with Crippen LogP contribution >= 0.6 is 0 Å². The lowest BCUT2D eigenvalue weighted by Gasteiger charge is -2.73. The number of hydrogen-bond donors (Lipinski definition) is 0. The summed E-state index contributed by atoms with van der Waals surface area (Å²) in [7, 11) is 1.35. The van der Waals surface area contributed by atoms with Gasteiger partial charge in [0.15, 0.2) is 0 Å². The molecule has 0 N–H and O–H groups in total. The van der Waals surface area contributed by atoms with E-state index in [0.29, 0.717) is 36.2 Å². The molecule has 43 heavy (non-hydrogen) atoms. The monoisotopic (exact) mass is 598 g/mol. The van der Waals surface area contributed by atoms with Gasteiger partial charge in [-0.15, -0.1) is 0 Å². The number of carbonyl (C=O) groups excluding carboxylic acids is 3. The molecule has 5 aliphatic carbocycles. The minimum atomic E-state index is -0.374. The average Bonchev–Trinajstić information content (AvgIpc) is 3.32. The normalized spacial score (nSPS) is 44.6. The van der Waals surface area contributed by atoms with E-state index in [1.165, 1.54) is 44.8 Å². The zero-order chi connectivity index (χ0) is 31.6. The summed E-state index contributed by atoms with van der Waals surface area (Å²) < 4.78 is 16.6. The third-order valence-corrected chi connectivity index (χ3v) is 14.8. The third kappa shape index (κ3) is 5.00. The molecule has 0 aliphatic heterocycles.